The van der Waals surface area contributed by atoms with Gasteiger partial charge < -0.3 is 4.74 Å². The zero-order chi connectivity index (χ0) is 15.4. The summed E-state index contributed by atoms with van der Waals surface area (Å²) in [4.78, 5) is 23.0. The number of hydrogen-bond acceptors (Lipinski definition) is 4. The van der Waals surface area contributed by atoms with Crippen LogP contribution in [0.1, 0.15) is 72.6 Å². The van der Waals surface area contributed by atoms with E-state index in [-0.39, 0.29) is 10.9 Å². The van der Waals surface area contributed by atoms with Crippen molar-refractivity contribution in [3.63, 3.8) is 0 Å². The van der Waals surface area contributed by atoms with Gasteiger partial charge in [0.15, 0.2) is 0 Å². The monoisotopic (exact) mass is 285 g/mol. The van der Waals surface area contributed by atoms with E-state index in [1.807, 2.05) is 27.7 Å². The average molecular weight is 285 g/mol. The van der Waals surface area contributed by atoms with Crippen molar-refractivity contribution in [2.24, 2.45) is 5.41 Å². The number of nitro groups is 1. The number of carbonyl (C=O) groups is 1. The maximum Gasteiger partial charge on any atom is 0.312 e. The molecule has 1 saturated carbocycles. The normalized spacial score (nSPS) is 27.7. The smallest absolute Gasteiger partial charge is 0.312 e. The summed E-state index contributed by atoms with van der Waals surface area (Å²) in [6.07, 6.45) is 4.62. The van der Waals surface area contributed by atoms with Gasteiger partial charge in [-0.25, -0.2) is 0 Å². The second-order valence-corrected chi connectivity index (χ2v) is 6.53. The van der Waals surface area contributed by atoms with Crippen LogP contribution in [-0.2, 0) is 9.53 Å². The van der Waals surface area contributed by atoms with E-state index < -0.39 is 17.1 Å². The molecule has 1 rings (SSSR count). The van der Waals surface area contributed by atoms with Crippen molar-refractivity contribution in [3.8, 4) is 0 Å². The number of hydrogen-bond donors (Lipinski definition) is 0. The van der Waals surface area contributed by atoms with Crippen molar-refractivity contribution in [1.82, 2.24) is 0 Å². The Morgan fingerprint density at radius 3 is 2.50 bits per heavy atom. The quantitative estimate of drug-likeness (QED) is 0.334. The van der Waals surface area contributed by atoms with Gasteiger partial charge in [-0.1, -0.05) is 13.8 Å². The molecule has 2 atom stereocenters. The molecule has 0 aromatic heterocycles. The molecular formula is C15H27NO4. The molecule has 0 aromatic rings. The summed E-state index contributed by atoms with van der Waals surface area (Å²) in [5.41, 5.74) is -0.995. The van der Waals surface area contributed by atoms with Gasteiger partial charge in [0.1, 0.15) is 5.60 Å². The van der Waals surface area contributed by atoms with Gasteiger partial charge in [-0.2, -0.15) is 0 Å². The molecule has 116 valence electrons. The lowest BCUT2D eigenvalue weighted by molar-refractivity contribution is -0.524. The maximum atomic E-state index is 12.3. The first-order chi connectivity index (χ1) is 9.26. The van der Waals surface area contributed by atoms with Gasteiger partial charge in [0.05, 0.1) is 5.41 Å². The first kappa shape index (κ1) is 16.9. The van der Waals surface area contributed by atoms with Crippen LogP contribution in [0.25, 0.3) is 0 Å². The Hall–Kier alpha value is -1.13. The molecule has 2 unspecified atom stereocenters. The van der Waals surface area contributed by atoms with Crippen LogP contribution in [0.15, 0.2) is 0 Å². The molecule has 0 aliphatic heterocycles. The highest BCUT2D eigenvalue weighted by atomic mass is 16.6. The summed E-state index contributed by atoms with van der Waals surface area (Å²) in [5.74, 6) is -0.179. The standard InChI is InChI=1S/C15H27NO4/c1-5-14(3,4)13(17)20-15(6-2)10-7-8-12(9-11-15)16(18)19/h12H,5-11H2,1-4H3. The highest BCUT2D eigenvalue weighted by molar-refractivity contribution is 5.76. The van der Waals surface area contributed by atoms with Crippen molar-refractivity contribution in [2.75, 3.05) is 0 Å². The summed E-state index contributed by atoms with van der Waals surface area (Å²) in [5, 5.41) is 10.9. The molecule has 0 aromatic carbocycles. The Bertz CT molecular complexity index is 367. The minimum atomic E-state index is -0.506. The lowest BCUT2D eigenvalue weighted by Gasteiger charge is -2.35. The van der Waals surface area contributed by atoms with Gasteiger partial charge in [0.25, 0.3) is 0 Å². The van der Waals surface area contributed by atoms with E-state index in [2.05, 4.69) is 0 Å². The first-order valence-corrected chi connectivity index (χ1v) is 7.63. The van der Waals surface area contributed by atoms with Crippen molar-refractivity contribution in [2.45, 2.75) is 84.3 Å². The molecule has 5 nitrogen and oxygen atoms in total. The first-order valence-electron chi connectivity index (χ1n) is 7.63. The Balaban J connectivity index is 2.78. The van der Waals surface area contributed by atoms with Gasteiger partial charge >= 0.3 is 5.97 Å². The minimum absolute atomic E-state index is 0.179. The largest absolute Gasteiger partial charge is 0.459 e. The Morgan fingerprint density at radius 1 is 1.35 bits per heavy atom. The number of nitrogens with zero attached hydrogens (tertiary/aromatic N) is 1. The van der Waals surface area contributed by atoms with Crippen LogP contribution in [0.4, 0.5) is 0 Å². The van der Waals surface area contributed by atoms with Gasteiger partial charge in [0.2, 0.25) is 6.04 Å². The fraction of sp³-hybridized carbons (Fsp3) is 0.933. The maximum absolute atomic E-state index is 12.3. The SMILES string of the molecule is CCC1(OC(=O)C(C)(C)CC)CCCC([N+](=O)[O-])CC1. The third-order valence-electron chi connectivity index (χ3n) is 4.79. The fourth-order valence-corrected chi connectivity index (χ4v) is 2.58. The Morgan fingerprint density at radius 2 is 2.00 bits per heavy atom. The third kappa shape index (κ3) is 3.93. The molecule has 0 amide bonds. The number of rotatable bonds is 5. The second kappa shape index (κ2) is 6.55. The predicted molar refractivity (Wildman–Crippen MR) is 77.1 cm³/mol. The van der Waals surface area contributed by atoms with E-state index in [4.69, 9.17) is 4.74 Å². The van der Waals surface area contributed by atoms with Crippen LogP contribution in [0.2, 0.25) is 0 Å². The van der Waals surface area contributed by atoms with Crippen LogP contribution < -0.4 is 0 Å². The van der Waals surface area contributed by atoms with Crippen molar-refractivity contribution in [3.05, 3.63) is 10.1 Å². The lowest BCUT2D eigenvalue weighted by Crippen LogP contribution is -2.39. The molecule has 0 saturated heterocycles. The zero-order valence-corrected chi connectivity index (χ0v) is 13.1. The number of carbonyl (C=O) groups excluding carboxylic acids is 1. The minimum Gasteiger partial charge on any atom is -0.459 e. The van der Waals surface area contributed by atoms with Crippen molar-refractivity contribution >= 4 is 5.97 Å². The van der Waals surface area contributed by atoms with Crippen molar-refractivity contribution < 1.29 is 14.5 Å². The molecular weight excluding hydrogens is 258 g/mol. The zero-order valence-electron chi connectivity index (χ0n) is 13.1. The van der Waals surface area contributed by atoms with Crippen LogP contribution >= 0.6 is 0 Å². The topological polar surface area (TPSA) is 69.4 Å². The van der Waals surface area contributed by atoms with E-state index >= 15 is 0 Å². The molecule has 0 bridgehead atoms. The van der Waals surface area contributed by atoms with E-state index in [0.29, 0.717) is 19.3 Å². The van der Waals surface area contributed by atoms with Crippen LogP contribution in [0.3, 0.4) is 0 Å². The molecule has 1 aliphatic rings. The molecule has 1 fully saturated rings. The highest BCUT2D eigenvalue weighted by Crippen LogP contribution is 2.36. The van der Waals surface area contributed by atoms with Gasteiger partial charge in [-0.05, 0) is 46.0 Å². The Kier molecular flexibility index (Phi) is 5.54. The van der Waals surface area contributed by atoms with Crippen LogP contribution in [0.5, 0.6) is 0 Å². The van der Waals surface area contributed by atoms with Crippen molar-refractivity contribution in [1.29, 1.82) is 0 Å². The summed E-state index contributed by atoms with van der Waals surface area (Å²) in [6.45, 7) is 7.74. The highest BCUT2D eigenvalue weighted by Gasteiger charge is 2.40. The lowest BCUT2D eigenvalue weighted by atomic mass is 9.87. The van der Waals surface area contributed by atoms with E-state index in [9.17, 15) is 14.9 Å². The number of ether oxygens (including phenoxy) is 1. The van der Waals surface area contributed by atoms with E-state index in [1.165, 1.54) is 0 Å². The molecule has 0 N–H and O–H groups in total. The van der Waals surface area contributed by atoms with Gasteiger partial charge in [0, 0.05) is 17.8 Å². The van der Waals surface area contributed by atoms with Gasteiger partial charge in [-0.15, -0.1) is 0 Å². The molecule has 0 spiro atoms. The Labute approximate surface area is 121 Å². The second-order valence-electron chi connectivity index (χ2n) is 6.53. The van der Waals surface area contributed by atoms with Gasteiger partial charge in [-0.3, -0.25) is 14.9 Å². The molecule has 20 heavy (non-hydrogen) atoms. The summed E-state index contributed by atoms with van der Waals surface area (Å²) in [6, 6.07) is -0.485. The third-order valence-corrected chi connectivity index (χ3v) is 4.79. The predicted octanol–water partition coefficient (Wildman–Crippen LogP) is 3.72. The summed E-state index contributed by atoms with van der Waals surface area (Å²) in [7, 11) is 0. The molecule has 5 heteroatoms. The number of esters is 1. The van der Waals surface area contributed by atoms with Crippen LogP contribution in [-0.4, -0.2) is 22.5 Å². The molecule has 0 radical (unpaired) electrons. The molecule has 1 aliphatic carbocycles. The summed E-state index contributed by atoms with van der Waals surface area (Å²) < 4.78 is 5.83. The van der Waals surface area contributed by atoms with E-state index in [1.54, 1.807) is 0 Å². The van der Waals surface area contributed by atoms with E-state index in [0.717, 1.165) is 25.7 Å². The fourth-order valence-electron chi connectivity index (χ4n) is 2.58. The summed E-state index contributed by atoms with van der Waals surface area (Å²) >= 11 is 0. The molecule has 0 heterocycles. The van der Waals surface area contributed by atoms with Crippen LogP contribution in [0, 0.1) is 15.5 Å². The average Bonchev–Trinajstić information content (AvgIpc) is 2.62.